The van der Waals surface area contributed by atoms with E-state index >= 15 is 0 Å². The Hall–Kier alpha value is -2.95. The van der Waals surface area contributed by atoms with E-state index < -0.39 is 5.97 Å². The van der Waals surface area contributed by atoms with Gasteiger partial charge >= 0.3 is 5.97 Å². The summed E-state index contributed by atoms with van der Waals surface area (Å²) in [5.74, 6) is -0.678. The molecule has 2 aromatic carbocycles. The number of rotatable bonds is 9. The fourth-order valence-electron chi connectivity index (χ4n) is 2.46. The number of ketones is 1. The molecule has 0 bridgehead atoms. The highest BCUT2D eigenvalue weighted by molar-refractivity contribution is 5.98. The summed E-state index contributed by atoms with van der Waals surface area (Å²) in [5.41, 5.74) is 2.46. The van der Waals surface area contributed by atoms with E-state index in [1.165, 1.54) is 6.92 Å². The number of nitrogens with one attached hydrogen (secondary N) is 1. The maximum atomic E-state index is 12.1. The predicted molar refractivity (Wildman–Crippen MR) is 98.9 cm³/mol. The van der Waals surface area contributed by atoms with Crippen molar-refractivity contribution in [2.75, 3.05) is 13.2 Å². The first-order valence-corrected chi connectivity index (χ1v) is 8.60. The first kappa shape index (κ1) is 19.4. The fourth-order valence-corrected chi connectivity index (χ4v) is 2.46. The number of Topliss-reactive ketones (excluding diaryl/α,β-unsaturated/α-hetero) is 1. The Bertz CT molecular complexity index is 738. The molecule has 0 saturated carbocycles. The lowest BCUT2D eigenvalue weighted by Crippen LogP contribution is -2.21. The zero-order chi connectivity index (χ0) is 18.8. The number of carbonyl (C=O) groups is 3. The van der Waals surface area contributed by atoms with Crippen LogP contribution in [0.3, 0.4) is 0 Å². The minimum atomic E-state index is -0.417. The van der Waals surface area contributed by atoms with Crippen LogP contribution in [-0.2, 0) is 27.2 Å². The van der Waals surface area contributed by atoms with Gasteiger partial charge in [-0.2, -0.15) is 0 Å². The first-order valence-electron chi connectivity index (χ1n) is 8.60. The van der Waals surface area contributed by atoms with Crippen molar-refractivity contribution in [1.82, 2.24) is 5.32 Å². The van der Waals surface area contributed by atoms with Gasteiger partial charge in [0, 0.05) is 19.0 Å². The third-order valence-electron chi connectivity index (χ3n) is 3.85. The van der Waals surface area contributed by atoms with Crippen molar-refractivity contribution < 1.29 is 19.1 Å². The van der Waals surface area contributed by atoms with Crippen molar-refractivity contribution in [1.29, 1.82) is 0 Å². The summed E-state index contributed by atoms with van der Waals surface area (Å²) in [6.45, 7) is 1.87. The second-order valence-corrected chi connectivity index (χ2v) is 6.03. The van der Waals surface area contributed by atoms with Crippen LogP contribution in [0.15, 0.2) is 54.6 Å². The average Bonchev–Trinajstić information content (AvgIpc) is 2.64. The van der Waals surface area contributed by atoms with Crippen LogP contribution in [0.25, 0.3) is 0 Å². The molecule has 0 fully saturated rings. The molecular weight excluding hydrogens is 330 g/mol. The Morgan fingerprint density at radius 3 is 2.27 bits per heavy atom. The standard InChI is InChI=1S/C21H23NO4/c1-16(23)22-13-5-8-17-9-11-19(12-10-17)20(24)15-26-21(25)14-18-6-3-2-4-7-18/h2-4,6-7,9-12H,5,8,13-15H2,1H3,(H,22,23). The van der Waals surface area contributed by atoms with E-state index in [2.05, 4.69) is 5.32 Å². The van der Waals surface area contributed by atoms with E-state index in [1.807, 2.05) is 42.5 Å². The van der Waals surface area contributed by atoms with Crippen molar-refractivity contribution in [3.8, 4) is 0 Å². The van der Waals surface area contributed by atoms with Gasteiger partial charge in [0.05, 0.1) is 6.42 Å². The third kappa shape index (κ3) is 6.89. The van der Waals surface area contributed by atoms with Crippen LogP contribution >= 0.6 is 0 Å². The molecule has 0 heterocycles. The summed E-state index contributed by atoms with van der Waals surface area (Å²) >= 11 is 0. The highest BCUT2D eigenvalue weighted by atomic mass is 16.5. The molecular formula is C21H23NO4. The molecule has 0 aromatic heterocycles. The molecule has 0 unspecified atom stereocenters. The lowest BCUT2D eigenvalue weighted by Gasteiger charge is -2.06. The van der Waals surface area contributed by atoms with Gasteiger partial charge in [-0.25, -0.2) is 0 Å². The molecule has 0 radical (unpaired) electrons. The van der Waals surface area contributed by atoms with Gasteiger partial charge in [-0.05, 0) is 24.0 Å². The van der Waals surface area contributed by atoms with Gasteiger partial charge in [0.2, 0.25) is 5.91 Å². The lowest BCUT2D eigenvalue weighted by atomic mass is 10.1. The molecule has 2 aromatic rings. The average molecular weight is 353 g/mol. The van der Waals surface area contributed by atoms with E-state index in [4.69, 9.17) is 4.74 Å². The zero-order valence-electron chi connectivity index (χ0n) is 14.9. The molecule has 0 aliphatic carbocycles. The second-order valence-electron chi connectivity index (χ2n) is 6.03. The number of amides is 1. The van der Waals surface area contributed by atoms with E-state index in [0.29, 0.717) is 12.1 Å². The van der Waals surface area contributed by atoms with E-state index in [9.17, 15) is 14.4 Å². The summed E-state index contributed by atoms with van der Waals surface area (Å²) in [7, 11) is 0. The number of carbonyl (C=O) groups excluding carboxylic acids is 3. The topological polar surface area (TPSA) is 72.5 Å². The largest absolute Gasteiger partial charge is 0.457 e. The number of benzene rings is 2. The molecule has 0 spiro atoms. The van der Waals surface area contributed by atoms with Crippen LogP contribution in [-0.4, -0.2) is 30.8 Å². The monoisotopic (exact) mass is 353 g/mol. The van der Waals surface area contributed by atoms with E-state index in [0.717, 1.165) is 24.0 Å². The molecule has 136 valence electrons. The Morgan fingerprint density at radius 2 is 1.62 bits per heavy atom. The minimum absolute atomic E-state index is 0.0345. The minimum Gasteiger partial charge on any atom is -0.457 e. The molecule has 26 heavy (non-hydrogen) atoms. The Morgan fingerprint density at radius 1 is 0.923 bits per heavy atom. The first-order chi connectivity index (χ1) is 12.5. The number of ether oxygens (including phenoxy) is 1. The van der Waals surface area contributed by atoms with Gasteiger partial charge in [0.15, 0.2) is 12.4 Å². The highest BCUT2D eigenvalue weighted by Crippen LogP contribution is 2.08. The van der Waals surface area contributed by atoms with Gasteiger partial charge in [-0.1, -0.05) is 54.6 Å². The molecule has 2 rings (SSSR count). The number of hydrogen-bond acceptors (Lipinski definition) is 4. The molecule has 1 N–H and O–H groups in total. The smallest absolute Gasteiger partial charge is 0.310 e. The second kappa shape index (κ2) is 10.1. The van der Waals surface area contributed by atoms with Gasteiger partial charge in [-0.15, -0.1) is 0 Å². The van der Waals surface area contributed by atoms with Gasteiger partial charge in [-0.3, -0.25) is 14.4 Å². The van der Waals surface area contributed by atoms with Crippen LogP contribution in [0.5, 0.6) is 0 Å². The van der Waals surface area contributed by atoms with E-state index in [-0.39, 0.29) is 24.7 Å². The summed E-state index contributed by atoms with van der Waals surface area (Å²) in [5, 5.41) is 2.75. The maximum absolute atomic E-state index is 12.1. The Balaban J connectivity index is 1.75. The third-order valence-corrected chi connectivity index (χ3v) is 3.85. The fraction of sp³-hybridized carbons (Fsp3) is 0.286. The number of esters is 1. The van der Waals surface area contributed by atoms with Crippen LogP contribution in [0.4, 0.5) is 0 Å². The number of aryl methyl sites for hydroxylation is 1. The molecule has 5 nitrogen and oxygen atoms in total. The lowest BCUT2D eigenvalue weighted by molar-refractivity contribution is -0.141. The molecule has 1 amide bonds. The van der Waals surface area contributed by atoms with Gasteiger partial charge < -0.3 is 10.1 Å². The Labute approximate surface area is 153 Å². The molecule has 0 saturated heterocycles. The van der Waals surface area contributed by atoms with Crippen LogP contribution in [0, 0.1) is 0 Å². The quantitative estimate of drug-likeness (QED) is 0.427. The summed E-state index contributed by atoms with van der Waals surface area (Å²) in [4.78, 5) is 34.7. The molecule has 5 heteroatoms. The van der Waals surface area contributed by atoms with Gasteiger partial charge in [0.25, 0.3) is 0 Å². The zero-order valence-corrected chi connectivity index (χ0v) is 14.9. The summed E-state index contributed by atoms with van der Waals surface area (Å²) in [6, 6.07) is 16.5. The molecule has 0 aliphatic rings. The molecule has 0 atom stereocenters. The number of hydrogen-bond donors (Lipinski definition) is 1. The summed E-state index contributed by atoms with van der Waals surface area (Å²) < 4.78 is 5.07. The van der Waals surface area contributed by atoms with Crippen molar-refractivity contribution >= 4 is 17.7 Å². The van der Waals surface area contributed by atoms with Crippen molar-refractivity contribution in [2.45, 2.75) is 26.2 Å². The van der Waals surface area contributed by atoms with Crippen molar-refractivity contribution in [3.05, 3.63) is 71.3 Å². The van der Waals surface area contributed by atoms with Gasteiger partial charge in [0.1, 0.15) is 0 Å². The Kier molecular flexibility index (Phi) is 7.55. The normalized spacial score (nSPS) is 10.2. The molecule has 0 aliphatic heterocycles. The van der Waals surface area contributed by atoms with Crippen molar-refractivity contribution in [3.63, 3.8) is 0 Å². The van der Waals surface area contributed by atoms with Crippen molar-refractivity contribution in [2.24, 2.45) is 0 Å². The highest BCUT2D eigenvalue weighted by Gasteiger charge is 2.10. The maximum Gasteiger partial charge on any atom is 0.310 e. The summed E-state index contributed by atoms with van der Waals surface area (Å²) in [6.07, 6.45) is 1.81. The predicted octanol–water partition coefficient (Wildman–Crippen LogP) is 2.72. The van der Waals surface area contributed by atoms with E-state index in [1.54, 1.807) is 12.1 Å². The van der Waals surface area contributed by atoms with Crippen LogP contribution in [0.2, 0.25) is 0 Å². The SMILES string of the molecule is CC(=O)NCCCc1ccc(C(=O)COC(=O)Cc2ccccc2)cc1. The van der Waals surface area contributed by atoms with Crippen LogP contribution < -0.4 is 5.32 Å². The van der Waals surface area contributed by atoms with Crippen LogP contribution in [0.1, 0.15) is 34.8 Å².